The first-order chi connectivity index (χ1) is 11.1. The van der Waals surface area contributed by atoms with Gasteiger partial charge in [0.05, 0.1) is 6.61 Å². The van der Waals surface area contributed by atoms with E-state index in [-0.39, 0.29) is 24.7 Å². The molecule has 2 rings (SSSR count). The van der Waals surface area contributed by atoms with Crippen LogP contribution in [0.15, 0.2) is 24.3 Å². The largest absolute Gasteiger partial charge is 0.494 e. The number of hydrogen-bond acceptors (Lipinski definition) is 4. The normalized spacial score (nSPS) is 17.5. The minimum atomic E-state index is -0.609. The Morgan fingerprint density at radius 3 is 2.70 bits per heavy atom. The molecule has 1 fully saturated rings. The third kappa shape index (κ3) is 5.39. The molecular formula is C17H22N2O4. The number of nitrogens with one attached hydrogen (secondary N) is 2. The monoisotopic (exact) mass is 318 g/mol. The van der Waals surface area contributed by atoms with Crippen LogP contribution in [0, 0.1) is 0 Å². The molecule has 124 valence electrons. The zero-order chi connectivity index (χ0) is 16.7. The Hall–Kier alpha value is -2.37. The summed E-state index contributed by atoms with van der Waals surface area (Å²) in [6, 6.07) is 7.27. The van der Waals surface area contributed by atoms with Crippen LogP contribution in [0.4, 0.5) is 0 Å². The SMILES string of the molecule is CCc1ccc(OCCCC(=O)NC2CCC(=O)NC2=O)cc1. The van der Waals surface area contributed by atoms with Crippen molar-refractivity contribution in [3.63, 3.8) is 0 Å². The number of ether oxygens (including phenoxy) is 1. The van der Waals surface area contributed by atoms with Crippen LogP contribution in [0.25, 0.3) is 0 Å². The summed E-state index contributed by atoms with van der Waals surface area (Å²) in [5.74, 6) is -0.137. The van der Waals surface area contributed by atoms with Gasteiger partial charge in [-0.05, 0) is 37.0 Å². The van der Waals surface area contributed by atoms with Gasteiger partial charge in [0.1, 0.15) is 11.8 Å². The van der Waals surface area contributed by atoms with Gasteiger partial charge in [0.25, 0.3) is 0 Å². The van der Waals surface area contributed by atoms with E-state index in [0.29, 0.717) is 19.4 Å². The fourth-order valence-corrected chi connectivity index (χ4v) is 2.34. The second kappa shape index (κ2) is 8.31. The first-order valence-corrected chi connectivity index (χ1v) is 7.93. The Kier molecular flexibility index (Phi) is 6.14. The van der Waals surface area contributed by atoms with E-state index in [1.807, 2.05) is 24.3 Å². The number of piperidine rings is 1. The molecule has 2 N–H and O–H groups in total. The van der Waals surface area contributed by atoms with Gasteiger partial charge in [0, 0.05) is 12.8 Å². The third-order valence-electron chi connectivity index (χ3n) is 3.72. The van der Waals surface area contributed by atoms with Gasteiger partial charge in [0.15, 0.2) is 0 Å². The highest BCUT2D eigenvalue weighted by Crippen LogP contribution is 2.13. The molecule has 1 aliphatic heterocycles. The Bertz CT molecular complexity index is 568. The van der Waals surface area contributed by atoms with Crippen molar-refractivity contribution in [2.45, 2.75) is 45.1 Å². The predicted octanol–water partition coefficient (Wildman–Crippen LogP) is 1.33. The van der Waals surface area contributed by atoms with Crippen molar-refractivity contribution in [3.8, 4) is 5.75 Å². The van der Waals surface area contributed by atoms with Gasteiger partial charge in [-0.3, -0.25) is 19.7 Å². The van der Waals surface area contributed by atoms with Gasteiger partial charge in [-0.1, -0.05) is 19.1 Å². The lowest BCUT2D eigenvalue weighted by Gasteiger charge is -2.21. The minimum absolute atomic E-state index is 0.204. The molecule has 0 spiro atoms. The molecule has 1 aromatic rings. The quantitative estimate of drug-likeness (QED) is 0.587. The van der Waals surface area contributed by atoms with Crippen LogP contribution < -0.4 is 15.4 Å². The molecule has 23 heavy (non-hydrogen) atoms. The highest BCUT2D eigenvalue weighted by molar-refractivity contribution is 6.01. The topological polar surface area (TPSA) is 84.5 Å². The summed E-state index contributed by atoms with van der Waals surface area (Å²) in [5.41, 5.74) is 1.25. The van der Waals surface area contributed by atoms with Gasteiger partial charge < -0.3 is 10.1 Å². The Morgan fingerprint density at radius 1 is 1.30 bits per heavy atom. The zero-order valence-electron chi connectivity index (χ0n) is 13.3. The number of hydrogen-bond donors (Lipinski definition) is 2. The van der Waals surface area contributed by atoms with Crippen LogP contribution >= 0.6 is 0 Å². The standard InChI is InChI=1S/C17H22N2O4/c1-2-12-5-7-13(8-6-12)23-11-3-4-15(20)18-14-9-10-16(21)19-17(14)22/h5-8,14H,2-4,9-11H2,1H3,(H,18,20)(H,19,21,22). The first kappa shape index (κ1) is 17.0. The Morgan fingerprint density at radius 2 is 2.04 bits per heavy atom. The molecule has 1 saturated heterocycles. The fourth-order valence-electron chi connectivity index (χ4n) is 2.34. The summed E-state index contributed by atoms with van der Waals surface area (Å²) in [5, 5.41) is 4.86. The Labute approximate surface area is 135 Å². The van der Waals surface area contributed by atoms with E-state index in [1.165, 1.54) is 5.56 Å². The van der Waals surface area contributed by atoms with Gasteiger partial charge in [-0.2, -0.15) is 0 Å². The molecule has 3 amide bonds. The van der Waals surface area contributed by atoms with Crippen molar-refractivity contribution in [2.75, 3.05) is 6.61 Å². The van der Waals surface area contributed by atoms with Crippen LogP contribution in [0.2, 0.25) is 0 Å². The van der Waals surface area contributed by atoms with Gasteiger partial charge >= 0.3 is 0 Å². The van der Waals surface area contributed by atoms with Crippen LogP contribution in [-0.2, 0) is 20.8 Å². The molecular weight excluding hydrogens is 296 g/mol. The van der Waals surface area contributed by atoms with E-state index in [4.69, 9.17) is 4.74 Å². The molecule has 0 saturated carbocycles. The summed E-state index contributed by atoms with van der Waals surface area (Å²) < 4.78 is 5.58. The highest BCUT2D eigenvalue weighted by atomic mass is 16.5. The second-order valence-corrected chi connectivity index (χ2v) is 5.52. The molecule has 0 bridgehead atoms. The van der Waals surface area contributed by atoms with Crippen LogP contribution in [0.5, 0.6) is 5.75 Å². The summed E-state index contributed by atoms with van der Waals surface area (Å²) >= 11 is 0. The number of amides is 3. The Balaban J connectivity index is 1.64. The molecule has 1 heterocycles. The lowest BCUT2D eigenvalue weighted by atomic mass is 10.1. The smallest absolute Gasteiger partial charge is 0.249 e. The number of imide groups is 1. The van der Waals surface area contributed by atoms with E-state index < -0.39 is 11.9 Å². The van der Waals surface area contributed by atoms with E-state index in [0.717, 1.165) is 12.2 Å². The zero-order valence-corrected chi connectivity index (χ0v) is 13.3. The maximum Gasteiger partial charge on any atom is 0.249 e. The van der Waals surface area contributed by atoms with Crippen LogP contribution in [0.1, 0.15) is 38.2 Å². The van der Waals surface area contributed by atoms with Crippen LogP contribution in [-0.4, -0.2) is 30.4 Å². The summed E-state index contributed by atoms with van der Waals surface area (Å²) in [6.45, 7) is 2.53. The lowest BCUT2D eigenvalue weighted by molar-refractivity contribution is -0.137. The number of carbonyl (C=O) groups excluding carboxylic acids is 3. The molecule has 1 atom stereocenters. The number of rotatable bonds is 7. The molecule has 1 unspecified atom stereocenters. The van der Waals surface area contributed by atoms with Crippen molar-refractivity contribution in [3.05, 3.63) is 29.8 Å². The van der Waals surface area contributed by atoms with Gasteiger partial charge in [-0.15, -0.1) is 0 Å². The minimum Gasteiger partial charge on any atom is -0.494 e. The summed E-state index contributed by atoms with van der Waals surface area (Å²) in [7, 11) is 0. The average molecular weight is 318 g/mol. The van der Waals surface area contributed by atoms with Crippen molar-refractivity contribution in [1.82, 2.24) is 10.6 Å². The van der Waals surface area contributed by atoms with Crippen molar-refractivity contribution >= 4 is 17.7 Å². The maximum atomic E-state index is 11.8. The predicted molar refractivity (Wildman–Crippen MR) is 84.9 cm³/mol. The first-order valence-electron chi connectivity index (χ1n) is 7.93. The van der Waals surface area contributed by atoms with E-state index in [9.17, 15) is 14.4 Å². The molecule has 0 aliphatic carbocycles. The molecule has 0 radical (unpaired) electrons. The van der Waals surface area contributed by atoms with E-state index in [2.05, 4.69) is 17.6 Å². The molecule has 6 heteroatoms. The van der Waals surface area contributed by atoms with Gasteiger partial charge in [-0.25, -0.2) is 0 Å². The highest BCUT2D eigenvalue weighted by Gasteiger charge is 2.27. The summed E-state index contributed by atoms with van der Waals surface area (Å²) in [4.78, 5) is 34.4. The third-order valence-corrected chi connectivity index (χ3v) is 3.72. The second-order valence-electron chi connectivity index (χ2n) is 5.52. The molecule has 0 aromatic heterocycles. The number of aryl methyl sites for hydroxylation is 1. The lowest BCUT2D eigenvalue weighted by Crippen LogP contribution is -2.52. The van der Waals surface area contributed by atoms with Crippen molar-refractivity contribution in [2.24, 2.45) is 0 Å². The molecule has 1 aliphatic rings. The maximum absolute atomic E-state index is 11.8. The summed E-state index contributed by atoms with van der Waals surface area (Å²) in [6.07, 6.45) is 2.45. The fraction of sp³-hybridized carbons (Fsp3) is 0.471. The van der Waals surface area contributed by atoms with Crippen molar-refractivity contribution in [1.29, 1.82) is 0 Å². The van der Waals surface area contributed by atoms with Crippen molar-refractivity contribution < 1.29 is 19.1 Å². The van der Waals surface area contributed by atoms with E-state index >= 15 is 0 Å². The number of benzene rings is 1. The van der Waals surface area contributed by atoms with Gasteiger partial charge in [0.2, 0.25) is 17.7 Å². The van der Waals surface area contributed by atoms with Crippen LogP contribution in [0.3, 0.4) is 0 Å². The number of carbonyl (C=O) groups is 3. The molecule has 6 nitrogen and oxygen atoms in total. The molecule has 1 aromatic carbocycles. The average Bonchev–Trinajstić information content (AvgIpc) is 2.55. The van der Waals surface area contributed by atoms with E-state index in [1.54, 1.807) is 0 Å².